The molecule has 0 saturated carbocycles. The van der Waals surface area contributed by atoms with E-state index in [4.69, 9.17) is 16.3 Å². The van der Waals surface area contributed by atoms with E-state index in [0.717, 1.165) is 4.90 Å². The third-order valence-corrected chi connectivity index (χ3v) is 4.20. The van der Waals surface area contributed by atoms with Gasteiger partial charge in [0.15, 0.2) is 0 Å². The average Bonchev–Trinajstić information content (AvgIpc) is 2.36. The molecule has 3 nitrogen and oxygen atoms in total. The largest absolute Gasteiger partial charge is 0.372 e. The van der Waals surface area contributed by atoms with Crippen molar-refractivity contribution in [1.82, 2.24) is 4.90 Å². The third kappa shape index (κ3) is 4.41. The smallest absolute Gasteiger partial charge is 0.233 e. The minimum Gasteiger partial charge on any atom is -0.372 e. The zero-order valence-electron chi connectivity index (χ0n) is 11.1. The summed E-state index contributed by atoms with van der Waals surface area (Å²) in [7, 11) is 0. The topological polar surface area (TPSA) is 29.5 Å². The number of morpholine rings is 1. The molecule has 0 aliphatic carbocycles. The Morgan fingerprint density at radius 1 is 1.32 bits per heavy atom. The molecular weight excluding hydrogens is 282 g/mol. The van der Waals surface area contributed by atoms with Crippen LogP contribution in [-0.4, -0.2) is 41.9 Å². The van der Waals surface area contributed by atoms with Crippen LogP contribution < -0.4 is 0 Å². The molecule has 1 heterocycles. The number of nitrogens with zero attached hydrogens (tertiary/aromatic N) is 1. The van der Waals surface area contributed by atoms with Crippen LogP contribution in [0.4, 0.5) is 0 Å². The molecule has 0 spiro atoms. The lowest BCUT2D eigenvalue weighted by molar-refractivity contribution is -0.140. The van der Waals surface area contributed by atoms with Crippen molar-refractivity contribution in [1.29, 1.82) is 0 Å². The monoisotopic (exact) mass is 299 g/mol. The van der Waals surface area contributed by atoms with Gasteiger partial charge in [0, 0.05) is 23.0 Å². The first-order valence-electron chi connectivity index (χ1n) is 6.36. The predicted octanol–water partition coefficient (Wildman–Crippen LogP) is 3.07. The molecular formula is C14H18ClNO2S. The Hall–Kier alpha value is -0.710. The minimum absolute atomic E-state index is 0.119. The lowest BCUT2D eigenvalue weighted by atomic mass is 10.2. The van der Waals surface area contributed by atoms with Crippen LogP contribution in [0.25, 0.3) is 0 Å². The van der Waals surface area contributed by atoms with Crippen LogP contribution in [0, 0.1) is 0 Å². The van der Waals surface area contributed by atoms with Crippen LogP contribution in [0.2, 0.25) is 5.02 Å². The third-order valence-electron chi connectivity index (χ3n) is 2.95. The van der Waals surface area contributed by atoms with Gasteiger partial charge >= 0.3 is 0 Å². The molecule has 2 rings (SSSR count). The second-order valence-corrected chi connectivity index (χ2v) is 6.28. The molecule has 2 unspecified atom stereocenters. The summed E-state index contributed by atoms with van der Waals surface area (Å²) in [6.45, 7) is 5.37. The van der Waals surface area contributed by atoms with Crippen molar-refractivity contribution in [2.24, 2.45) is 0 Å². The molecule has 1 aliphatic heterocycles. The molecule has 1 fully saturated rings. The molecule has 1 amide bonds. The summed E-state index contributed by atoms with van der Waals surface area (Å²) in [4.78, 5) is 15.1. The van der Waals surface area contributed by atoms with Gasteiger partial charge in [0.2, 0.25) is 5.91 Å². The summed E-state index contributed by atoms with van der Waals surface area (Å²) in [6, 6.07) is 7.55. The van der Waals surface area contributed by atoms with Gasteiger partial charge in [-0.1, -0.05) is 11.6 Å². The van der Waals surface area contributed by atoms with Crippen molar-refractivity contribution in [3.63, 3.8) is 0 Å². The van der Waals surface area contributed by atoms with Crippen molar-refractivity contribution in [3.8, 4) is 0 Å². The van der Waals surface area contributed by atoms with Gasteiger partial charge in [-0.15, -0.1) is 11.8 Å². The SMILES string of the molecule is CC1CN(C(=O)CSc2ccc(Cl)cc2)CC(C)O1. The van der Waals surface area contributed by atoms with E-state index < -0.39 is 0 Å². The molecule has 0 aromatic heterocycles. The minimum atomic E-state index is 0.119. The summed E-state index contributed by atoms with van der Waals surface area (Å²) >= 11 is 7.37. The highest BCUT2D eigenvalue weighted by atomic mass is 35.5. The fraction of sp³-hybridized carbons (Fsp3) is 0.500. The van der Waals surface area contributed by atoms with Crippen LogP contribution in [0.3, 0.4) is 0 Å². The molecule has 0 N–H and O–H groups in total. The van der Waals surface area contributed by atoms with E-state index in [0.29, 0.717) is 23.9 Å². The quantitative estimate of drug-likeness (QED) is 0.803. The van der Waals surface area contributed by atoms with Crippen molar-refractivity contribution in [2.75, 3.05) is 18.8 Å². The Morgan fingerprint density at radius 2 is 1.89 bits per heavy atom. The number of thioether (sulfide) groups is 1. The van der Waals surface area contributed by atoms with Crippen LogP contribution in [0.1, 0.15) is 13.8 Å². The summed E-state index contributed by atoms with van der Waals surface area (Å²) in [5, 5.41) is 0.714. The second-order valence-electron chi connectivity index (χ2n) is 4.80. The number of hydrogen-bond acceptors (Lipinski definition) is 3. The molecule has 0 radical (unpaired) electrons. The number of benzene rings is 1. The number of carbonyl (C=O) groups excluding carboxylic acids is 1. The maximum atomic E-state index is 12.2. The highest BCUT2D eigenvalue weighted by Gasteiger charge is 2.25. The Bertz CT molecular complexity index is 428. The highest BCUT2D eigenvalue weighted by Crippen LogP contribution is 2.21. The fourth-order valence-electron chi connectivity index (χ4n) is 2.15. The van der Waals surface area contributed by atoms with E-state index in [-0.39, 0.29) is 18.1 Å². The van der Waals surface area contributed by atoms with Gasteiger partial charge in [0.1, 0.15) is 0 Å². The number of carbonyl (C=O) groups is 1. The van der Waals surface area contributed by atoms with Crippen LogP contribution in [0.5, 0.6) is 0 Å². The first kappa shape index (κ1) is 14.7. The summed E-state index contributed by atoms with van der Waals surface area (Å²) < 4.78 is 5.63. The van der Waals surface area contributed by atoms with Gasteiger partial charge in [-0.2, -0.15) is 0 Å². The number of rotatable bonds is 3. The Balaban J connectivity index is 1.85. The molecule has 19 heavy (non-hydrogen) atoms. The lowest BCUT2D eigenvalue weighted by Crippen LogP contribution is -2.48. The summed E-state index contributed by atoms with van der Waals surface area (Å²) in [6.07, 6.45) is 0.237. The number of halogens is 1. The van der Waals surface area contributed by atoms with Gasteiger partial charge in [-0.25, -0.2) is 0 Å². The first-order chi connectivity index (χ1) is 9.04. The predicted molar refractivity (Wildman–Crippen MR) is 78.8 cm³/mol. The maximum Gasteiger partial charge on any atom is 0.233 e. The van der Waals surface area contributed by atoms with Crippen LogP contribution in [0.15, 0.2) is 29.2 Å². The zero-order valence-corrected chi connectivity index (χ0v) is 12.7. The summed E-state index contributed by atoms with van der Waals surface area (Å²) in [5.74, 6) is 0.628. The molecule has 104 valence electrons. The van der Waals surface area contributed by atoms with Gasteiger partial charge < -0.3 is 9.64 Å². The second kappa shape index (κ2) is 6.64. The molecule has 1 saturated heterocycles. The lowest BCUT2D eigenvalue weighted by Gasteiger charge is -2.35. The van der Waals surface area contributed by atoms with E-state index in [1.54, 1.807) is 11.8 Å². The van der Waals surface area contributed by atoms with E-state index >= 15 is 0 Å². The van der Waals surface area contributed by atoms with Gasteiger partial charge in [-0.05, 0) is 38.1 Å². The molecule has 2 atom stereocenters. The molecule has 1 aromatic rings. The van der Waals surface area contributed by atoms with Crippen molar-refractivity contribution >= 4 is 29.3 Å². The van der Waals surface area contributed by atoms with Crippen LogP contribution >= 0.6 is 23.4 Å². The normalized spacial score (nSPS) is 23.4. The van der Waals surface area contributed by atoms with E-state index in [9.17, 15) is 4.79 Å². The molecule has 0 bridgehead atoms. The fourth-order valence-corrected chi connectivity index (χ4v) is 3.08. The van der Waals surface area contributed by atoms with E-state index in [1.807, 2.05) is 43.0 Å². The van der Waals surface area contributed by atoms with Gasteiger partial charge in [0.25, 0.3) is 0 Å². The van der Waals surface area contributed by atoms with E-state index in [2.05, 4.69) is 0 Å². The number of ether oxygens (including phenoxy) is 1. The Labute approximate surface area is 123 Å². The van der Waals surface area contributed by atoms with Gasteiger partial charge in [0.05, 0.1) is 18.0 Å². The zero-order chi connectivity index (χ0) is 13.8. The van der Waals surface area contributed by atoms with Crippen molar-refractivity contribution < 1.29 is 9.53 Å². The molecule has 5 heteroatoms. The number of amides is 1. The molecule has 1 aliphatic rings. The highest BCUT2D eigenvalue weighted by molar-refractivity contribution is 8.00. The average molecular weight is 300 g/mol. The van der Waals surface area contributed by atoms with Crippen molar-refractivity contribution in [2.45, 2.75) is 31.0 Å². The first-order valence-corrected chi connectivity index (χ1v) is 7.72. The number of hydrogen-bond donors (Lipinski definition) is 0. The van der Waals surface area contributed by atoms with Crippen LogP contribution in [-0.2, 0) is 9.53 Å². The van der Waals surface area contributed by atoms with Crippen molar-refractivity contribution in [3.05, 3.63) is 29.3 Å². The summed E-state index contributed by atoms with van der Waals surface area (Å²) in [5.41, 5.74) is 0. The maximum absolute atomic E-state index is 12.2. The molecule has 1 aromatic carbocycles. The Kier molecular flexibility index (Phi) is 5.13. The standard InChI is InChI=1S/C14H18ClNO2S/c1-10-7-16(8-11(2)18-10)14(17)9-19-13-5-3-12(15)4-6-13/h3-6,10-11H,7-9H2,1-2H3. The van der Waals surface area contributed by atoms with E-state index in [1.165, 1.54) is 0 Å². The Morgan fingerprint density at radius 3 is 2.47 bits per heavy atom. The van der Waals surface area contributed by atoms with Gasteiger partial charge in [-0.3, -0.25) is 4.79 Å².